The summed E-state index contributed by atoms with van der Waals surface area (Å²) >= 11 is 0. The van der Waals surface area contributed by atoms with Crippen LogP contribution >= 0.6 is 0 Å². The first-order valence-corrected chi connectivity index (χ1v) is 6.77. The van der Waals surface area contributed by atoms with Gasteiger partial charge in [0.25, 0.3) is 0 Å². The molecule has 4 nitrogen and oxygen atoms in total. The van der Waals surface area contributed by atoms with Crippen molar-refractivity contribution in [3.63, 3.8) is 0 Å². The molecule has 20 heavy (non-hydrogen) atoms. The SMILES string of the molecule is CC(CN)c1ccc2c(c1)nc(-c1cccnc1)n2C. The van der Waals surface area contributed by atoms with E-state index in [9.17, 15) is 0 Å². The second kappa shape index (κ2) is 5.06. The summed E-state index contributed by atoms with van der Waals surface area (Å²) in [4.78, 5) is 8.90. The van der Waals surface area contributed by atoms with E-state index in [1.54, 1.807) is 6.20 Å². The number of nitrogens with zero attached hydrogens (tertiary/aromatic N) is 3. The van der Waals surface area contributed by atoms with Crippen LogP contribution in [0, 0.1) is 0 Å². The maximum atomic E-state index is 5.74. The van der Waals surface area contributed by atoms with Crippen LogP contribution in [-0.4, -0.2) is 21.1 Å². The average molecular weight is 266 g/mol. The lowest BCUT2D eigenvalue weighted by atomic mass is 10.0. The largest absolute Gasteiger partial charge is 0.330 e. The highest BCUT2D eigenvalue weighted by Crippen LogP contribution is 2.25. The Bertz CT molecular complexity index is 731. The number of imidazole rings is 1. The fourth-order valence-corrected chi connectivity index (χ4v) is 2.41. The van der Waals surface area contributed by atoms with Crippen molar-refractivity contribution in [2.45, 2.75) is 12.8 Å². The lowest BCUT2D eigenvalue weighted by molar-refractivity contribution is 0.775. The van der Waals surface area contributed by atoms with Crippen molar-refractivity contribution in [2.75, 3.05) is 6.54 Å². The molecule has 0 saturated carbocycles. The van der Waals surface area contributed by atoms with Crippen molar-refractivity contribution in [1.29, 1.82) is 0 Å². The molecule has 2 N–H and O–H groups in total. The molecule has 0 aliphatic rings. The third-order valence-corrected chi connectivity index (χ3v) is 3.75. The van der Waals surface area contributed by atoms with E-state index in [0.29, 0.717) is 12.5 Å². The first-order chi connectivity index (χ1) is 9.70. The summed E-state index contributed by atoms with van der Waals surface area (Å²) in [6.07, 6.45) is 3.61. The van der Waals surface area contributed by atoms with Gasteiger partial charge in [-0.3, -0.25) is 4.98 Å². The smallest absolute Gasteiger partial charge is 0.142 e. The van der Waals surface area contributed by atoms with Gasteiger partial charge in [0, 0.05) is 25.0 Å². The van der Waals surface area contributed by atoms with Gasteiger partial charge in [-0.2, -0.15) is 0 Å². The van der Waals surface area contributed by atoms with E-state index in [1.807, 2.05) is 25.4 Å². The summed E-state index contributed by atoms with van der Waals surface area (Å²) in [5, 5.41) is 0. The molecule has 0 bridgehead atoms. The van der Waals surface area contributed by atoms with E-state index in [4.69, 9.17) is 10.7 Å². The minimum Gasteiger partial charge on any atom is -0.330 e. The molecule has 0 radical (unpaired) electrons. The highest BCUT2D eigenvalue weighted by Gasteiger charge is 2.11. The van der Waals surface area contributed by atoms with Crippen LogP contribution in [0.3, 0.4) is 0 Å². The summed E-state index contributed by atoms with van der Waals surface area (Å²) in [5.74, 6) is 1.29. The molecule has 0 spiro atoms. The third kappa shape index (κ3) is 2.08. The van der Waals surface area contributed by atoms with E-state index in [0.717, 1.165) is 22.4 Å². The summed E-state index contributed by atoms with van der Waals surface area (Å²) < 4.78 is 2.10. The van der Waals surface area contributed by atoms with Gasteiger partial charge < -0.3 is 10.3 Å². The van der Waals surface area contributed by atoms with Crippen LogP contribution in [0.2, 0.25) is 0 Å². The van der Waals surface area contributed by atoms with Crippen LogP contribution in [0.15, 0.2) is 42.7 Å². The van der Waals surface area contributed by atoms with Crippen molar-refractivity contribution in [3.8, 4) is 11.4 Å². The number of hydrogen-bond donors (Lipinski definition) is 1. The maximum Gasteiger partial charge on any atom is 0.142 e. The van der Waals surface area contributed by atoms with E-state index in [1.165, 1.54) is 5.56 Å². The Balaban J connectivity index is 2.15. The molecule has 0 fully saturated rings. The molecular weight excluding hydrogens is 248 g/mol. The lowest BCUT2D eigenvalue weighted by Gasteiger charge is -2.08. The number of aromatic nitrogens is 3. The van der Waals surface area contributed by atoms with E-state index >= 15 is 0 Å². The first kappa shape index (κ1) is 12.8. The predicted molar refractivity (Wildman–Crippen MR) is 81.4 cm³/mol. The number of aryl methyl sites for hydroxylation is 1. The summed E-state index contributed by atoms with van der Waals surface area (Å²) in [6, 6.07) is 10.3. The molecule has 1 unspecified atom stereocenters. The van der Waals surface area contributed by atoms with Crippen LogP contribution in [0.4, 0.5) is 0 Å². The second-order valence-electron chi connectivity index (χ2n) is 5.12. The highest BCUT2D eigenvalue weighted by atomic mass is 15.1. The van der Waals surface area contributed by atoms with Gasteiger partial charge in [-0.15, -0.1) is 0 Å². The van der Waals surface area contributed by atoms with E-state index < -0.39 is 0 Å². The van der Waals surface area contributed by atoms with Crippen LogP contribution in [0.25, 0.3) is 22.4 Å². The quantitative estimate of drug-likeness (QED) is 0.793. The first-order valence-electron chi connectivity index (χ1n) is 6.77. The molecule has 1 aromatic carbocycles. The molecule has 2 heterocycles. The molecule has 4 heteroatoms. The van der Waals surface area contributed by atoms with Crippen LogP contribution in [0.5, 0.6) is 0 Å². The topological polar surface area (TPSA) is 56.7 Å². The Hall–Kier alpha value is -2.20. The molecule has 0 aliphatic heterocycles. The minimum atomic E-state index is 0.350. The molecule has 1 atom stereocenters. The van der Waals surface area contributed by atoms with Gasteiger partial charge in [0.15, 0.2) is 0 Å². The Morgan fingerprint density at radius 1 is 1.30 bits per heavy atom. The Kier molecular flexibility index (Phi) is 3.24. The van der Waals surface area contributed by atoms with Crippen molar-refractivity contribution in [3.05, 3.63) is 48.3 Å². The van der Waals surface area contributed by atoms with Crippen molar-refractivity contribution in [1.82, 2.24) is 14.5 Å². The summed E-state index contributed by atoms with van der Waals surface area (Å²) in [7, 11) is 2.03. The van der Waals surface area contributed by atoms with Crippen LogP contribution < -0.4 is 5.73 Å². The summed E-state index contributed by atoms with van der Waals surface area (Å²) in [6.45, 7) is 2.78. The number of rotatable bonds is 3. The highest BCUT2D eigenvalue weighted by molar-refractivity contribution is 5.81. The molecule has 0 amide bonds. The minimum absolute atomic E-state index is 0.350. The lowest BCUT2D eigenvalue weighted by Crippen LogP contribution is -2.08. The fourth-order valence-electron chi connectivity index (χ4n) is 2.41. The van der Waals surface area contributed by atoms with Gasteiger partial charge in [-0.25, -0.2) is 4.98 Å². The average Bonchev–Trinajstić information content (AvgIpc) is 2.84. The van der Waals surface area contributed by atoms with Gasteiger partial charge in [-0.1, -0.05) is 13.0 Å². The second-order valence-corrected chi connectivity index (χ2v) is 5.12. The normalized spacial score (nSPS) is 12.8. The summed E-state index contributed by atoms with van der Waals surface area (Å²) in [5.41, 5.74) is 10.1. The molecule has 3 rings (SSSR count). The van der Waals surface area contributed by atoms with Gasteiger partial charge in [-0.05, 0) is 42.3 Å². The molecule has 3 aromatic rings. The fraction of sp³-hybridized carbons (Fsp3) is 0.250. The van der Waals surface area contributed by atoms with Crippen molar-refractivity contribution in [2.24, 2.45) is 12.8 Å². The van der Waals surface area contributed by atoms with Crippen molar-refractivity contribution < 1.29 is 0 Å². The zero-order chi connectivity index (χ0) is 14.1. The van der Waals surface area contributed by atoms with Crippen molar-refractivity contribution >= 4 is 11.0 Å². The third-order valence-electron chi connectivity index (χ3n) is 3.75. The zero-order valence-corrected chi connectivity index (χ0v) is 11.7. The maximum absolute atomic E-state index is 5.74. The number of fused-ring (bicyclic) bond motifs is 1. The molecule has 102 valence electrons. The molecule has 0 aliphatic carbocycles. The van der Waals surface area contributed by atoms with Crippen LogP contribution in [-0.2, 0) is 7.05 Å². The Morgan fingerprint density at radius 3 is 2.85 bits per heavy atom. The molecular formula is C16H18N4. The van der Waals surface area contributed by atoms with Gasteiger partial charge in [0.2, 0.25) is 0 Å². The van der Waals surface area contributed by atoms with Gasteiger partial charge in [0.1, 0.15) is 5.82 Å². The van der Waals surface area contributed by atoms with E-state index in [-0.39, 0.29) is 0 Å². The van der Waals surface area contributed by atoms with E-state index in [2.05, 4.69) is 34.7 Å². The monoisotopic (exact) mass is 266 g/mol. The number of nitrogens with two attached hydrogens (primary N) is 1. The predicted octanol–water partition coefficient (Wildman–Crippen LogP) is 2.70. The van der Waals surface area contributed by atoms with Crippen LogP contribution in [0.1, 0.15) is 18.4 Å². The Labute approximate surface area is 118 Å². The number of pyridine rings is 1. The standard InChI is InChI=1S/C16H18N4/c1-11(9-17)12-5-6-15-14(8-12)19-16(20(15)2)13-4-3-7-18-10-13/h3-8,10-11H,9,17H2,1-2H3. The molecule has 0 saturated heterocycles. The van der Waals surface area contributed by atoms with Gasteiger partial charge in [0.05, 0.1) is 11.0 Å². The zero-order valence-electron chi connectivity index (χ0n) is 11.7. The Morgan fingerprint density at radius 2 is 2.15 bits per heavy atom. The van der Waals surface area contributed by atoms with Gasteiger partial charge >= 0.3 is 0 Å². The number of benzene rings is 1. The molecule has 2 aromatic heterocycles. The number of hydrogen-bond acceptors (Lipinski definition) is 3.